The fourth-order valence-electron chi connectivity index (χ4n) is 0.742. The van der Waals surface area contributed by atoms with Crippen molar-refractivity contribution in [1.82, 2.24) is 10.3 Å². The van der Waals surface area contributed by atoms with E-state index >= 15 is 0 Å². The molecule has 0 unspecified atom stereocenters. The zero-order chi connectivity index (χ0) is 10.6. The lowest BCUT2D eigenvalue weighted by atomic mass is 10.3. The molecule has 0 bridgehead atoms. The number of carboxylic acid groups (broad SMARTS) is 1. The molecule has 14 heavy (non-hydrogen) atoms. The number of carbonyl (C=O) groups excluding carboxylic acids is 1. The van der Waals surface area contributed by atoms with Crippen molar-refractivity contribution in [2.45, 2.75) is 6.04 Å². The topological polar surface area (TPSA) is 99.5 Å². The number of rotatable bonds is 4. The van der Waals surface area contributed by atoms with Gasteiger partial charge in [-0.3, -0.25) is 4.79 Å². The minimum absolute atomic E-state index is 0.148. The summed E-state index contributed by atoms with van der Waals surface area (Å²) in [6, 6.07) is -1.29. The number of amides is 1. The first-order chi connectivity index (χ1) is 6.65. The summed E-state index contributed by atoms with van der Waals surface area (Å²) in [6.45, 7) is -0.648. The summed E-state index contributed by atoms with van der Waals surface area (Å²) in [5.74, 6) is -1.89. The van der Waals surface area contributed by atoms with E-state index in [4.69, 9.17) is 10.2 Å². The van der Waals surface area contributed by atoms with Crippen LogP contribution in [0.2, 0.25) is 0 Å². The van der Waals surface area contributed by atoms with Crippen molar-refractivity contribution in [3.05, 3.63) is 16.6 Å². The van der Waals surface area contributed by atoms with Crippen LogP contribution in [-0.4, -0.2) is 39.7 Å². The Bertz CT molecular complexity index is 324. The predicted molar refractivity (Wildman–Crippen MR) is 48.1 cm³/mol. The molecule has 1 atom stereocenters. The maximum atomic E-state index is 11.2. The van der Waals surface area contributed by atoms with Gasteiger partial charge in [0.15, 0.2) is 6.04 Å². The van der Waals surface area contributed by atoms with Gasteiger partial charge in [0.25, 0.3) is 5.91 Å². The van der Waals surface area contributed by atoms with Crippen molar-refractivity contribution >= 4 is 23.2 Å². The van der Waals surface area contributed by atoms with Gasteiger partial charge in [0.2, 0.25) is 0 Å². The maximum absolute atomic E-state index is 11.2. The summed E-state index contributed by atoms with van der Waals surface area (Å²) in [6.07, 6.45) is 0. The van der Waals surface area contributed by atoms with E-state index in [0.29, 0.717) is 0 Å². The Kier molecular flexibility index (Phi) is 3.55. The SMILES string of the molecule is O=C(N[C@@H](CO)C(=O)O)c1cscn1. The monoisotopic (exact) mass is 216 g/mol. The molecule has 0 fully saturated rings. The first-order valence-electron chi connectivity index (χ1n) is 3.68. The third-order valence-corrected chi connectivity index (χ3v) is 2.04. The van der Waals surface area contributed by atoms with Gasteiger partial charge in [-0.1, -0.05) is 0 Å². The lowest BCUT2D eigenvalue weighted by Crippen LogP contribution is -2.43. The van der Waals surface area contributed by atoms with Crippen molar-refractivity contribution in [2.75, 3.05) is 6.61 Å². The molecule has 1 aromatic heterocycles. The molecule has 1 rings (SSSR count). The number of thiazole rings is 1. The fourth-order valence-corrected chi connectivity index (χ4v) is 1.27. The Balaban J connectivity index is 2.60. The number of aliphatic carboxylic acids is 1. The molecule has 0 spiro atoms. The van der Waals surface area contributed by atoms with E-state index in [-0.39, 0.29) is 5.69 Å². The van der Waals surface area contributed by atoms with Crippen LogP contribution in [-0.2, 0) is 4.79 Å². The number of nitrogens with zero attached hydrogens (tertiary/aromatic N) is 1. The molecule has 3 N–H and O–H groups in total. The molecule has 0 saturated carbocycles. The van der Waals surface area contributed by atoms with E-state index in [0.717, 1.165) is 0 Å². The van der Waals surface area contributed by atoms with Gasteiger partial charge in [-0.05, 0) is 0 Å². The van der Waals surface area contributed by atoms with Crippen LogP contribution in [0.1, 0.15) is 10.5 Å². The number of aliphatic hydroxyl groups excluding tert-OH is 1. The molecule has 1 heterocycles. The second-order valence-corrected chi connectivity index (χ2v) is 3.14. The van der Waals surface area contributed by atoms with Gasteiger partial charge in [0.05, 0.1) is 12.1 Å². The molecular formula is C7H8N2O4S. The average Bonchev–Trinajstić information content (AvgIpc) is 2.65. The Labute approximate surface area is 83.2 Å². The van der Waals surface area contributed by atoms with Crippen LogP contribution in [0.5, 0.6) is 0 Å². The van der Waals surface area contributed by atoms with Crippen molar-refractivity contribution in [1.29, 1.82) is 0 Å². The molecule has 0 aliphatic carbocycles. The second kappa shape index (κ2) is 4.68. The first kappa shape index (κ1) is 10.6. The highest BCUT2D eigenvalue weighted by atomic mass is 32.1. The van der Waals surface area contributed by atoms with Crippen LogP contribution in [0, 0.1) is 0 Å². The summed E-state index contributed by atoms with van der Waals surface area (Å²) < 4.78 is 0. The van der Waals surface area contributed by atoms with E-state index in [2.05, 4.69) is 10.3 Å². The third-order valence-electron chi connectivity index (χ3n) is 1.45. The zero-order valence-corrected chi connectivity index (χ0v) is 7.82. The van der Waals surface area contributed by atoms with Crippen LogP contribution in [0.3, 0.4) is 0 Å². The number of hydrogen-bond donors (Lipinski definition) is 3. The molecule has 6 nitrogen and oxygen atoms in total. The average molecular weight is 216 g/mol. The van der Waals surface area contributed by atoms with Gasteiger partial charge >= 0.3 is 5.97 Å². The van der Waals surface area contributed by atoms with E-state index in [1.54, 1.807) is 0 Å². The first-order valence-corrected chi connectivity index (χ1v) is 4.62. The molecule has 0 radical (unpaired) electrons. The van der Waals surface area contributed by atoms with Gasteiger partial charge in [0, 0.05) is 5.38 Å². The van der Waals surface area contributed by atoms with Gasteiger partial charge in [-0.25, -0.2) is 9.78 Å². The predicted octanol–water partition coefficient (Wildman–Crippen LogP) is -0.682. The van der Waals surface area contributed by atoms with Crippen LogP contribution in [0.15, 0.2) is 10.9 Å². The van der Waals surface area contributed by atoms with Crippen LogP contribution in [0.4, 0.5) is 0 Å². The standard InChI is InChI=1S/C7H8N2O4S/c10-1-4(7(12)13)9-6(11)5-2-14-3-8-5/h2-4,10H,1H2,(H,9,11)(H,12,13)/t4-/m0/s1. The number of hydrogen-bond acceptors (Lipinski definition) is 5. The minimum Gasteiger partial charge on any atom is -0.480 e. The van der Waals surface area contributed by atoms with Crippen molar-refractivity contribution in [3.63, 3.8) is 0 Å². The summed E-state index contributed by atoms with van der Waals surface area (Å²) in [5, 5.41) is 20.8. The summed E-state index contributed by atoms with van der Waals surface area (Å²) in [5.41, 5.74) is 1.61. The minimum atomic E-state index is -1.29. The quantitative estimate of drug-likeness (QED) is 0.619. The Morgan fingerprint density at radius 2 is 2.36 bits per heavy atom. The Hall–Kier alpha value is -1.47. The normalized spacial score (nSPS) is 12.1. The summed E-state index contributed by atoms with van der Waals surface area (Å²) in [7, 11) is 0. The number of aromatic nitrogens is 1. The molecule has 0 saturated heterocycles. The van der Waals surface area contributed by atoms with Gasteiger partial charge in [-0.15, -0.1) is 11.3 Å². The third kappa shape index (κ3) is 2.51. The maximum Gasteiger partial charge on any atom is 0.328 e. The van der Waals surface area contributed by atoms with E-state index < -0.39 is 24.5 Å². The molecular weight excluding hydrogens is 208 g/mol. The zero-order valence-electron chi connectivity index (χ0n) is 7.01. The van der Waals surface area contributed by atoms with Gasteiger partial charge < -0.3 is 15.5 Å². The van der Waals surface area contributed by atoms with E-state index in [1.165, 1.54) is 22.2 Å². The largest absolute Gasteiger partial charge is 0.480 e. The second-order valence-electron chi connectivity index (χ2n) is 2.42. The molecule has 1 aromatic rings. The van der Waals surface area contributed by atoms with Crippen molar-refractivity contribution in [3.8, 4) is 0 Å². The number of carbonyl (C=O) groups is 2. The van der Waals surface area contributed by atoms with Crippen molar-refractivity contribution in [2.24, 2.45) is 0 Å². The lowest BCUT2D eigenvalue weighted by Gasteiger charge is -2.09. The molecule has 0 aliphatic rings. The van der Waals surface area contributed by atoms with Crippen LogP contribution in [0.25, 0.3) is 0 Å². The Morgan fingerprint density at radius 1 is 1.64 bits per heavy atom. The fraction of sp³-hybridized carbons (Fsp3) is 0.286. The summed E-state index contributed by atoms with van der Waals surface area (Å²) >= 11 is 1.23. The number of nitrogens with one attached hydrogen (secondary N) is 1. The smallest absolute Gasteiger partial charge is 0.328 e. The molecule has 1 amide bonds. The molecule has 0 aromatic carbocycles. The number of carboxylic acids is 1. The van der Waals surface area contributed by atoms with Crippen LogP contribution >= 0.6 is 11.3 Å². The summed E-state index contributed by atoms with van der Waals surface area (Å²) in [4.78, 5) is 25.4. The van der Waals surface area contributed by atoms with E-state index in [1.807, 2.05) is 0 Å². The molecule has 76 valence electrons. The van der Waals surface area contributed by atoms with E-state index in [9.17, 15) is 9.59 Å². The van der Waals surface area contributed by atoms with Crippen LogP contribution < -0.4 is 5.32 Å². The van der Waals surface area contributed by atoms with Gasteiger partial charge in [-0.2, -0.15) is 0 Å². The highest BCUT2D eigenvalue weighted by molar-refractivity contribution is 7.07. The molecule has 0 aliphatic heterocycles. The number of aliphatic hydroxyl groups is 1. The Morgan fingerprint density at radius 3 is 2.79 bits per heavy atom. The van der Waals surface area contributed by atoms with Gasteiger partial charge in [0.1, 0.15) is 5.69 Å². The highest BCUT2D eigenvalue weighted by Crippen LogP contribution is 2.00. The molecule has 7 heteroatoms. The lowest BCUT2D eigenvalue weighted by molar-refractivity contribution is -0.140. The highest BCUT2D eigenvalue weighted by Gasteiger charge is 2.20. The van der Waals surface area contributed by atoms with Crippen molar-refractivity contribution < 1.29 is 19.8 Å².